The Labute approximate surface area is 79.4 Å². The zero-order chi connectivity index (χ0) is 7.68. The molecular formula is C10H6I. The van der Waals surface area contributed by atoms with Gasteiger partial charge in [-0.25, -0.2) is 0 Å². The lowest BCUT2D eigenvalue weighted by atomic mass is 10.1. The van der Waals surface area contributed by atoms with Crippen LogP contribution in [0.15, 0.2) is 36.4 Å². The first-order chi connectivity index (χ1) is 5.38. The molecule has 0 spiro atoms. The number of benzene rings is 2. The third-order valence-electron chi connectivity index (χ3n) is 1.65. The lowest BCUT2D eigenvalue weighted by molar-refractivity contribution is 1.70. The van der Waals surface area contributed by atoms with Crippen LogP contribution in [0.1, 0.15) is 0 Å². The van der Waals surface area contributed by atoms with Crippen LogP contribution in [0.2, 0.25) is 0 Å². The average Bonchev–Trinajstić information content (AvgIpc) is 2.06. The van der Waals surface area contributed by atoms with Gasteiger partial charge in [-0.1, -0.05) is 30.3 Å². The lowest BCUT2D eigenvalue weighted by Gasteiger charge is -1.97. The van der Waals surface area contributed by atoms with Gasteiger partial charge >= 0.3 is 0 Å². The zero-order valence-electron chi connectivity index (χ0n) is 5.84. The Morgan fingerprint density at radius 2 is 1.91 bits per heavy atom. The Morgan fingerprint density at radius 1 is 1.09 bits per heavy atom. The van der Waals surface area contributed by atoms with E-state index in [2.05, 4.69) is 52.9 Å². The van der Waals surface area contributed by atoms with Gasteiger partial charge in [-0.2, -0.15) is 0 Å². The van der Waals surface area contributed by atoms with Crippen LogP contribution in [-0.2, 0) is 0 Å². The molecule has 11 heavy (non-hydrogen) atoms. The fraction of sp³-hybridized carbons (Fsp3) is 0. The summed E-state index contributed by atoms with van der Waals surface area (Å²) in [5.74, 6) is 0. The van der Waals surface area contributed by atoms with E-state index in [4.69, 9.17) is 0 Å². The quantitative estimate of drug-likeness (QED) is 0.632. The Kier molecular flexibility index (Phi) is 1.82. The molecule has 0 unspecified atom stereocenters. The van der Waals surface area contributed by atoms with Gasteiger partial charge in [0, 0.05) is 8.96 Å². The lowest BCUT2D eigenvalue weighted by Crippen LogP contribution is -1.75. The van der Waals surface area contributed by atoms with Crippen molar-refractivity contribution in [2.24, 2.45) is 0 Å². The van der Waals surface area contributed by atoms with E-state index in [1.807, 2.05) is 12.1 Å². The molecule has 0 aliphatic carbocycles. The maximum absolute atomic E-state index is 3.21. The molecule has 0 aromatic heterocycles. The summed E-state index contributed by atoms with van der Waals surface area (Å²) in [6, 6.07) is 15.5. The molecule has 2 rings (SSSR count). The minimum absolute atomic E-state index is 1.22. The fourth-order valence-corrected chi connectivity index (χ4v) is 1.79. The molecule has 0 heterocycles. The highest BCUT2D eigenvalue weighted by Crippen LogP contribution is 2.18. The van der Waals surface area contributed by atoms with E-state index < -0.39 is 0 Å². The SMILES string of the molecule is Ic1cccc2ccc[c]c12. The van der Waals surface area contributed by atoms with E-state index in [0.717, 1.165) is 0 Å². The van der Waals surface area contributed by atoms with Gasteiger partial charge in [0.15, 0.2) is 0 Å². The maximum Gasteiger partial charge on any atom is 0.0215 e. The number of rotatable bonds is 0. The van der Waals surface area contributed by atoms with Gasteiger partial charge in [0.05, 0.1) is 0 Å². The molecule has 0 saturated carbocycles. The first-order valence-corrected chi connectivity index (χ1v) is 4.51. The normalized spacial score (nSPS) is 10.3. The molecular weight excluding hydrogens is 247 g/mol. The highest BCUT2D eigenvalue weighted by atomic mass is 127. The molecule has 2 aromatic carbocycles. The van der Waals surface area contributed by atoms with Crippen LogP contribution in [0.25, 0.3) is 10.8 Å². The van der Waals surface area contributed by atoms with Crippen LogP contribution in [0.5, 0.6) is 0 Å². The van der Waals surface area contributed by atoms with Gasteiger partial charge in [0.1, 0.15) is 0 Å². The second-order valence-electron chi connectivity index (χ2n) is 2.37. The van der Waals surface area contributed by atoms with Gasteiger partial charge in [-0.05, 0) is 40.1 Å². The molecule has 0 saturated heterocycles. The molecule has 0 nitrogen and oxygen atoms in total. The van der Waals surface area contributed by atoms with Crippen LogP contribution in [0.3, 0.4) is 0 Å². The summed E-state index contributed by atoms with van der Waals surface area (Å²) in [4.78, 5) is 0. The van der Waals surface area contributed by atoms with Crippen LogP contribution in [-0.4, -0.2) is 0 Å². The van der Waals surface area contributed by atoms with Crippen molar-refractivity contribution in [2.45, 2.75) is 0 Å². The molecule has 0 N–H and O–H groups in total. The largest absolute Gasteiger partial charge is 0.0610 e. The number of fused-ring (bicyclic) bond motifs is 1. The van der Waals surface area contributed by atoms with E-state index in [0.29, 0.717) is 0 Å². The second-order valence-corrected chi connectivity index (χ2v) is 3.54. The van der Waals surface area contributed by atoms with Gasteiger partial charge in [0.25, 0.3) is 0 Å². The molecule has 0 amide bonds. The molecule has 0 atom stereocenters. The van der Waals surface area contributed by atoms with E-state index in [1.54, 1.807) is 0 Å². The topological polar surface area (TPSA) is 0 Å². The fourth-order valence-electron chi connectivity index (χ4n) is 1.12. The van der Waals surface area contributed by atoms with E-state index in [-0.39, 0.29) is 0 Å². The van der Waals surface area contributed by atoms with Gasteiger partial charge in [-0.3, -0.25) is 0 Å². The van der Waals surface area contributed by atoms with Crippen LogP contribution in [0.4, 0.5) is 0 Å². The smallest absolute Gasteiger partial charge is 0.0215 e. The summed E-state index contributed by atoms with van der Waals surface area (Å²) >= 11 is 2.33. The van der Waals surface area contributed by atoms with Crippen LogP contribution >= 0.6 is 22.6 Å². The zero-order valence-corrected chi connectivity index (χ0v) is 8.00. The molecule has 0 bridgehead atoms. The molecule has 1 heteroatoms. The Morgan fingerprint density at radius 3 is 2.73 bits per heavy atom. The summed E-state index contributed by atoms with van der Waals surface area (Å²) in [6.07, 6.45) is 0. The highest BCUT2D eigenvalue weighted by Gasteiger charge is 1.94. The number of hydrogen-bond donors (Lipinski definition) is 0. The Hall–Kier alpha value is -0.570. The highest BCUT2D eigenvalue weighted by molar-refractivity contribution is 14.1. The minimum Gasteiger partial charge on any atom is -0.0610 e. The van der Waals surface area contributed by atoms with Crippen molar-refractivity contribution in [3.63, 3.8) is 0 Å². The number of halogens is 1. The third-order valence-corrected chi connectivity index (χ3v) is 2.54. The van der Waals surface area contributed by atoms with Crippen molar-refractivity contribution in [1.82, 2.24) is 0 Å². The predicted molar refractivity (Wildman–Crippen MR) is 55.5 cm³/mol. The first kappa shape index (κ1) is 7.10. The predicted octanol–water partition coefficient (Wildman–Crippen LogP) is 3.24. The van der Waals surface area contributed by atoms with E-state index in [9.17, 15) is 0 Å². The van der Waals surface area contributed by atoms with Gasteiger partial charge in [-0.15, -0.1) is 0 Å². The molecule has 2 aromatic rings. The van der Waals surface area contributed by atoms with Crippen molar-refractivity contribution in [2.75, 3.05) is 0 Å². The third kappa shape index (κ3) is 1.25. The number of hydrogen-bond acceptors (Lipinski definition) is 0. The molecule has 0 fully saturated rings. The van der Waals surface area contributed by atoms with Gasteiger partial charge < -0.3 is 0 Å². The summed E-state index contributed by atoms with van der Waals surface area (Å²) in [7, 11) is 0. The van der Waals surface area contributed by atoms with Crippen LogP contribution < -0.4 is 0 Å². The summed E-state index contributed by atoms with van der Waals surface area (Å²) in [5, 5.41) is 2.48. The molecule has 0 aliphatic rings. The van der Waals surface area contributed by atoms with Crippen LogP contribution in [0, 0.1) is 9.64 Å². The van der Waals surface area contributed by atoms with Crippen molar-refractivity contribution in [3.05, 3.63) is 46.0 Å². The summed E-state index contributed by atoms with van der Waals surface area (Å²) in [5.41, 5.74) is 0. The van der Waals surface area contributed by atoms with Crippen molar-refractivity contribution < 1.29 is 0 Å². The summed E-state index contributed by atoms with van der Waals surface area (Å²) in [6.45, 7) is 0. The maximum atomic E-state index is 3.21. The Balaban J connectivity index is 2.91. The van der Waals surface area contributed by atoms with E-state index >= 15 is 0 Å². The Bertz CT molecular complexity index is 374. The molecule has 53 valence electrons. The minimum atomic E-state index is 1.22. The average molecular weight is 253 g/mol. The van der Waals surface area contributed by atoms with Gasteiger partial charge in [0.2, 0.25) is 0 Å². The standard InChI is InChI=1S/C10H6I/c11-10-7-3-5-8-4-1-2-6-9(8)10/h1-5,7H. The van der Waals surface area contributed by atoms with E-state index in [1.165, 1.54) is 14.3 Å². The van der Waals surface area contributed by atoms with Crippen molar-refractivity contribution >= 4 is 33.4 Å². The van der Waals surface area contributed by atoms with Crippen molar-refractivity contribution in [3.8, 4) is 0 Å². The first-order valence-electron chi connectivity index (χ1n) is 3.43. The van der Waals surface area contributed by atoms with Crippen molar-refractivity contribution in [1.29, 1.82) is 0 Å². The second kappa shape index (κ2) is 2.81. The summed E-state index contributed by atoms with van der Waals surface area (Å²) < 4.78 is 1.26. The molecule has 1 radical (unpaired) electrons. The molecule has 0 aliphatic heterocycles. The monoisotopic (exact) mass is 253 g/mol.